The molecule has 21 heavy (non-hydrogen) atoms. The summed E-state index contributed by atoms with van der Waals surface area (Å²) in [4.78, 5) is 12.2. The van der Waals surface area contributed by atoms with Gasteiger partial charge in [0, 0.05) is 16.8 Å². The highest BCUT2D eigenvalue weighted by atomic mass is 16.4. The van der Waals surface area contributed by atoms with Gasteiger partial charge >= 0.3 is 0 Å². The molecule has 0 fully saturated rings. The molecule has 0 bridgehead atoms. The Hall–Kier alpha value is -2.62. The summed E-state index contributed by atoms with van der Waals surface area (Å²) >= 11 is 0. The Bertz CT molecular complexity index is 661. The van der Waals surface area contributed by atoms with Crippen LogP contribution in [-0.2, 0) is 6.42 Å². The summed E-state index contributed by atoms with van der Waals surface area (Å²) in [6.07, 6.45) is 0.948. The number of benzene rings is 2. The highest BCUT2D eigenvalue weighted by Gasteiger charge is 2.07. The molecule has 0 saturated heterocycles. The minimum Gasteiger partial charge on any atom is -0.411 e. The third-order valence-corrected chi connectivity index (χ3v) is 3.31. The summed E-state index contributed by atoms with van der Waals surface area (Å²) in [7, 11) is 0. The lowest BCUT2D eigenvalue weighted by atomic mass is 10.1. The van der Waals surface area contributed by atoms with Gasteiger partial charge in [0.05, 0.1) is 5.71 Å². The number of carbonyl (C=O) groups excluding carboxylic acids is 1. The largest absolute Gasteiger partial charge is 0.411 e. The first-order valence-electron chi connectivity index (χ1n) is 6.83. The van der Waals surface area contributed by atoms with Gasteiger partial charge in [-0.3, -0.25) is 4.79 Å². The van der Waals surface area contributed by atoms with E-state index in [0.717, 1.165) is 12.0 Å². The van der Waals surface area contributed by atoms with Crippen LogP contribution in [0.1, 0.15) is 35.3 Å². The van der Waals surface area contributed by atoms with Crippen LogP contribution in [0.3, 0.4) is 0 Å². The minimum absolute atomic E-state index is 0.159. The maximum absolute atomic E-state index is 12.2. The first-order chi connectivity index (χ1) is 10.1. The average Bonchev–Trinajstić information content (AvgIpc) is 2.54. The average molecular weight is 282 g/mol. The van der Waals surface area contributed by atoms with Crippen LogP contribution in [0.15, 0.2) is 53.7 Å². The number of anilines is 1. The van der Waals surface area contributed by atoms with Gasteiger partial charge in [0.1, 0.15) is 0 Å². The van der Waals surface area contributed by atoms with E-state index in [9.17, 15) is 4.79 Å². The summed E-state index contributed by atoms with van der Waals surface area (Å²) in [5.74, 6) is -0.159. The van der Waals surface area contributed by atoms with Gasteiger partial charge in [0.2, 0.25) is 0 Å². The number of amides is 1. The normalized spacial score (nSPS) is 11.2. The van der Waals surface area contributed by atoms with E-state index in [-0.39, 0.29) is 5.91 Å². The summed E-state index contributed by atoms with van der Waals surface area (Å²) in [5, 5.41) is 14.8. The van der Waals surface area contributed by atoms with Crippen molar-refractivity contribution < 1.29 is 10.0 Å². The molecule has 0 aliphatic rings. The van der Waals surface area contributed by atoms with Gasteiger partial charge in [-0.05, 0) is 43.2 Å². The second kappa shape index (κ2) is 6.70. The maximum Gasteiger partial charge on any atom is 0.255 e. The Morgan fingerprint density at radius 3 is 2.48 bits per heavy atom. The molecule has 4 heteroatoms. The molecule has 0 aromatic heterocycles. The number of carbonyl (C=O) groups is 1. The van der Waals surface area contributed by atoms with E-state index in [4.69, 9.17) is 5.21 Å². The molecule has 0 unspecified atom stereocenters. The van der Waals surface area contributed by atoms with E-state index in [1.165, 1.54) is 5.56 Å². The molecule has 2 rings (SSSR count). The predicted molar refractivity (Wildman–Crippen MR) is 84.2 cm³/mol. The second-order valence-electron chi connectivity index (χ2n) is 4.77. The fraction of sp³-hybridized carbons (Fsp3) is 0.176. The fourth-order valence-corrected chi connectivity index (χ4v) is 1.97. The second-order valence-corrected chi connectivity index (χ2v) is 4.77. The number of hydrogen-bond donors (Lipinski definition) is 2. The van der Waals surface area contributed by atoms with E-state index in [2.05, 4.69) is 17.4 Å². The molecule has 0 saturated carbocycles. The zero-order valence-corrected chi connectivity index (χ0v) is 12.1. The van der Waals surface area contributed by atoms with Crippen molar-refractivity contribution in [2.24, 2.45) is 5.16 Å². The first-order valence-corrected chi connectivity index (χ1v) is 6.83. The Kier molecular flexibility index (Phi) is 4.72. The molecule has 0 radical (unpaired) electrons. The molecule has 2 N–H and O–H groups in total. The van der Waals surface area contributed by atoms with Crippen LogP contribution in [0.5, 0.6) is 0 Å². The van der Waals surface area contributed by atoms with E-state index >= 15 is 0 Å². The van der Waals surface area contributed by atoms with Crippen molar-refractivity contribution >= 4 is 17.3 Å². The summed E-state index contributed by atoms with van der Waals surface area (Å²) in [5.41, 5.74) is 3.74. The lowest BCUT2D eigenvalue weighted by Gasteiger charge is -2.07. The molecule has 0 aliphatic carbocycles. The first kappa shape index (κ1) is 14.8. The molecule has 0 aliphatic heterocycles. The topological polar surface area (TPSA) is 61.7 Å². The van der Waals surface area contributed by atoms with Gasteiger partial charge < -0.3 is 10.5 Å². The maximum atomic E-state index is 12.2. The van der Waals surface area contributed by atoms with Gasteiger partial charge in [-0.15, -0.1) is 0 Å². The van der Waals surface area contributed by atoms with E-state index in [0.29, 0.717) is 17.0 Å². The highest BCUT2D eigenvalue weighted by Crippen LogP contribution is 2.14. The van der Waals surface area contributed by atoms with Crippen molar-refractivity contribution in [3.8, 4) is 0 Å². The molecule has 0 heterocycles. The molecular formula is C17H18N2O2. The van der Waals surface area contributed by atoms with Crippen molar-refractivity contribution in [1.82, 2.24) is 0 Å². The molecule has 2 aromatic rings. The molecule has 2 aromatic carbocycles. The Balaban J connectivity index is 2.15. The van der Waals surface area contributed by atoms with Crippen molar-refractivity contribution in [2.45, 2.75) is 20.3 Å². The summed E-state index contributed by atoms with van der Waals surface area (Å²) < 4.78 is 0. The number of nitrogens with zero attached hydrogens (tertiary/aromatic N) is 1. The van der Waals surface area contributed by atoms with Crippen LogP contribution in [0.25, 0.3) is 0 Å². The number of hydrogen-bond acceptors (Lipinski definition) is 3. The smallest absolute Gasteiger partial charge is 0.255 e. The van der Waals surface area contributed by atoms with Crippen LogP contribution in [-0.4, -0.2) is 16.8 Å². The van der Waals surface area contributed by atoms with E-state index in [1.807, 2.05) is 30.3 Å². The van der Waals surface area contributed by atoms with Crippen molar-refractivity contribution in [3.63, 3.8) is 0 Å². The monoisotopic (exact) mass is 282 g/mol. The van der Waals surface area contributed by atoms with Crippen LogP contribution in [0, 0.1) is 0 Å². The highest BCUT2D eigenvalue weighted by molar-refractivity contribution is 6.05. The Morgan fingerprint density at radius 2 is 1.86 bits per heavy atom. The number of nitrogens with one attached hydrogen (secondary N) is 1. The SMILES string of the molecule is CCc1ccc(C(=O)Nc2cccc(/C(C)=N/O)c2)cc1. The quantitative estimate of drug-likeness (QED) is 0.510. The molecule has 1 amide bonds. The van der Waals surface area contributed by atoms with Gasteiger partial charge in [-0.2, -0.15) is 0 Å². The van der Waals surface area contributed by atoms with E-state index in [1.54, 1.807) is 25.1 Å². The van der Waals surface area contributed by atoms with Crippen molar-refractivity contribution in [3.05, 3.63) is 65.2 Å². The van der Waals surface area contributed by atoms with Gasteiger partial charge in [-0.1, -0.05) is 36.3 Å². The summed E-state index contributed by atoms with van der Waals surface area (Å²) in [6, 6.07) is 14.7. The number of aryl methyl sites for hydroxylation is 1. The standard InChI is InChI=1S/C17H18N2O2/c1-3-13-7-9-14(10-8-13)17(20)18-16-6-4-5-15(11-16)12(2)19-21/h4-11,21H,3H2,1-2H3,(H,18,20)/b19-12+. The third-order valence-electron chi connectivity index (χ3n) is 3.31. The van der Waals surface area contributed by atoms with Gasteiger partial charge in [0.25, 0.3) is 5.91 Å². The molecular weight excluding hydrogens is 264 g/mol. The summed E-state index contributed by atoms with van der Waals surface area (Å²) in [6.45, 7) is 3.77. The number of oxime groups is 1. The third kappa shape index (κ3) is 3.69. The fourth-order valence-electron chi connectivity index (χ4n) is 1.97. The zero-order chi connectivity index (χ0) is 15.2. The van der Waals surface area contributed by atoms with Gasteiger partial charge in [0.15, 0.2) is 0 Å². The van der Waals surface area contributed by atoms with Gasteiger partial charge in [-0.25, -0.2) is 0 Å². The van der Waals surface area contributed by atoms with Crippen LogP contribution in [0.2, 0.25) is 0 Å². The lowest BCUT2D eigenvalue weighted by molar-refractivity contribution is 0.102. The van der Waals surface area contributed by atoms with E-state index < -0.39 is 0 Å². The van der Waals surface area contributed by atoms with Crippen LogP contribution in [0.4, 0.5) is 5.69 Å². The molecule has 0 spiro atoms. The van der Waals surface area contributed by atoms with Crippen molar-refractivity contribution in [2.75, 3.05) is 5.32 Å². The molecule has 4 nitrogen and oxygen atoms in total. The number of rotatable bonds is 4. The Morgan fingerprint density at radius 1 is 1.14 bits per heavy atom. The van der Waals surface area contributed by atoms with Crippen molar-refractivity contribution in [1.29, 1.82) is 0 Å². The lowest BCUT2D eigenvalue weighted by Crippen LogP contribution is -2.12. The molecule has 108 valence electrons. The minimum atomic E-state index is -0.159. The molecule has 0 atom stereocenters. The zero-order valence-electron chi connectivity index (χ0n) is 12.1. The van der Waals surface area contributed by atoms with Crippen LogP contribution >= 0.6 is 0 Å². The Labute approximate surface area is 124 Å². The predicted octanol–water partition coefficient (Wildman–Crippen LogP) is 3.70. The van der Waals surface area contributed by atoms with Crippen LogP contribution < -0.4 is 5.32 Å².